The fourth-order valence-corrected chi connectivity index (χ4v) is 1.83. The molecule has 1 aromatic heterocycles. The zero-order valence-electron chi connectivity index (χ0n) is 10.2. The van der Waals surface area contributed by atoms with E-state index >= 15 is 0 Å². The lowest BCUT2D eigenvalue weighted by Crippen LogP contribution is -1.97. The fraction of sp³-hybridized carbons (Fsp3) is 0.267. The minimum atomic E-state index is -0.204. The van der Waals surface area contributed by atoms with Gasteiger partial charge in [0.15, 0.2) is 0 Å². The first-order valence-corrected chi connectivity index (χ1v) is 5.86. The Hall–Kier alpha value is -1.70. The molecule has 0 unspecified atom stereocenters. The normalized spacial score (nSPS) is 10.8. The van der Waals surface area contributed by atoms with Crippen LogP contribution in [0.5, 0.6) is 0 Å². The molecule has 0 spiro atoms. The van der Waals surface area contributed by atoms with Crippen LogP contribution in [0.4, 0.5) is 4.39 Å². The van der Waals surface area contributed by atoms with Gasteiger partial charge in [-0.05, 0) is 47.7 Å². The van der Waals surface area contributed by atoms with Gasteiger partial charge < -0.3 is 0 Å². The van der Waals surface area contributed by atoms with Crippen LogP contribution in [-0.4, -0.2) is 4.98 Å². The molecule has 2 heteroatoms. The number of hydrogen-bond donors (Lipinski definition) is 0. The Kier molecular flexibility index (Phi) is 3.52. The van der Waals surface area contributed by atoms with Crippen LogP contribution in [0.15, 0.2) is 42.6 Å². The summed E-state index contributed by atoms with van der Waals surface area (Å²) in [4.78, 5) is 4.35. The quantitative estimate of drug-likeness (QED) is 0.772. The second-order valence-electron chi connectivity index (χ2n) is 4.64. The van der Waals surface area contributed by atoms with E-state index in [4.69, 9.17) is 0 Å². The maximum atomic E-state index is 12.8. The van der Waals surface area contributed by atoms with Gasteiger partial charge in [-0.2, -0.15) is 0 Å². The van der Waals surface area contributed by atoms with Gasteiger partial charge in [0, 0.05) is 11.9 Å². The van der Waals surface area contributed by atoms with E-state index < -0.39 is 0 Å². The van der Waals surface area contributed by atoms with E-state index in [1.807, 2.05) is 12.3 Å². The van der Waals surface area contributed by atoms with Crippen LogP contribution in [-0.2, 0) is 6.42 Å². The third-order valence-corrected chi connectivity index (χ3v) is 2.61. The molecule has 0 saturated carbocycles. The van der Waals surface area contributed by atoms with Crippen LogP contribution in [0.3, 0.4) is 0 Å². The Balaban J connectivity index is 2.29. The third kappa shape index (κ3) is 3.13. The van der Waals surface area contributed by atoms with E-state index in [0.29, 0.717) is 5.92 Å². The van der Waals surface area contributed by atoms with Crippen molar-refractivity contribution < 1.29 is 4.39 Å². The molecular formula is C15H16FN. The summed E-state index contributed by atoms with van der Waals surface area (Å²) in [7, 11) is 0. The number of halogens is 1. The average Bonchev–Trinajstić information content (AvgIpc) is 2.29. The summed E-state index contributed by atoms with van der Waals surface area (Å²) in [5, 5.41) is 0. The first-order chi connectivity index (χ1) is 8.15. The van der Waals surface area contributed by atoms with E-state index in [1.54, 1.807) is 12.1 Å². The van der Waals surface area contributed by atoms with Crippen LogP contribution in [0.1, 0.15) is 19.5 Å². The summed E-state index contributed by atoms with van der Waals surface area (Å²) < 4.78 is 12.8. The van der Waals surface area contributed by atoms with Gasteiger partial charge in [-0.25, -0.2) is 4.39 Å². The molecule has 0 bridgehead atoms. The molecule has 0 amide bonds. The van der Waals surface area contributed by atoms with Gasteiger partial charge in [-0.15, -0.1) is 0 Å². The monoisotopic (exact) mass is 229 g/mol. The third-order valence-electron chi connectivity index (χ3n) is 2.61. The van der Waals surface area contributed by atoms with Crippen molar-refractivity contribution in [1.29, 1.82) is 0 Å². The van der Waals surface area contributed by atoms with E-state index in [9.17, 15) is 4.39 Å². The SMILES string of the molecule is CC(C)Cc1cc(-c2ccc(F)cc2)ccn1. The summed E-state index contributed by atoms with van der Waals surface area (Å²) in [5.41, 5.74) is 3.20. The second-order valence-corrected chi connectivity index (χ2v) is 4.64. The maximum Gasteiger partial charge on any atom is 0.123 e. The molecule has 0 atom stereocenters. The Morgan fingerprint density at radius 3 is 2.41 bits per heavy atom. The highest BCUT2D eigenvalue weighted by atomic mass is 19.1. The molecule has 1 aromatic carbocycles. The van der Waals surface area contributed by atoms with Gasteiger partial charge in [0.1, 0.15) is 5.82 Å². The zero-order valence-corrected chi connectivity index (χ0v) is 10.2. The molecule has 0 aliphatic carbocycles. The molecule has 0 saturated heterocycles. The zero-order chi connectivity index (χ0) is 12.3. The maximum absolute atomic E-state index is 12.8. The molecule has 88 valence electrons. The highest BCUT2D eigenvalue weighted by Gasteiger charge is 2.02. The van der Waals surface area contributed by atoms with Gasteiger partial charge in [-0.1, -0.05) is 26.0 Å². The van der Waals surface area contributed by atoms with Crippen molar-refractivity contribution >= 4 is 0 Å². The highest BCUT2D eigenvalue weighted by Crippen LogP contribution is 2.20. The highest BCUT2D eigenvalue weighted by molar-refractivity contribution is 5.63. The Labute approximate surface area is 101 Å². The van der Waals surface area contributed by atoms with Crippen LogP contribution < -0.4 is 0 Å². The molecule has 1 heterocycles. The predicted molar refractivity (Wildman–Crippen MR) is 68.2 cm³/mol. The predicted octanol–water partition coefficient (Wildman–Crippen LogP) is 4.09. The van der Waals surface area contributed by atoms with Crippen molar-refractivity contribution in [3.63, 3.8) is 0 Å². The van der Waals surface area contributed by atoms with Crippen LogP contribution >= 0.6 is 0 Å². The first kappa shape index (κ1) is 11.8. The Bertz CT molecular complexity index is 489. The molecule has 0 N–H and O–H groups in total. The average molecular weight is 229 g/mol. The topological polar surface area (TPSA) is 12.9 Å². The number of pyridine rings is 1. The standard InChI is InChI=1S/C15H16FN/c1-11(2)9-15-10-13(7-8-17-15)12-3-5-14(16)6-4-12/h3-8,10-11H,9H2,1-2H3. The molecule has 2 rings (SSSR count). The molecule has 17 heavy (non-hydrogen) atoms. The first-order valence-electron chi connectivity index (χ1n) is 5.86. The number of hydrogen-bond acceptors (Lipinski definition) is 1. The molecule has 0 radical (unpaired) electrons. The van der Waals surface area contributed by atoms with E-state index in [0.717, 1.165) is 23.2 Å². The van der Waals surface area contributed by atoms with Gasteiger partial charge in [0.05, 0.1) is 0 Å². The van der Waals surface area contributed by atoms with Crippen molar-refractivity contribution in [2.24, 2.45) is 5.92 Å². The van der Waals surface area contributed by atoms with E-state index in [2.05, 4.69) is 24.9 Å². The van der Waals surface area contributed by atoms with E-state index in [1.165, 1.54) is 12.1 Å². The van der Waals surface area contributed by atoms with Crippen molar-refractivity contribution in [3.8, 4) is 11.1 Å². The summed E-state index contributed by atoms with van der Waals surface area (Å²) in [6.45, 7) is 4.35. The van der Waals surface area contributed by atoms with Crippen molar-refractivity contribution in [1.82, 2.24) is 4.98 Å². The van der Waals surface area contributed by atoms with Crippen LogP contribution in [0.25, 0.3) is 11.1 Å². The van der Waals surface area contributed by atoms with E-state index in [-0.39, 0.29) is 5.82 Å². The molecule has 1 nitrogen and oxygen atoms in total. The smallest absolute Gasteiger partial charge is 0.123 e. The lowest BCUT2D eigenvalue weighted by atomic mass is 10.0. The van der Waals surface area contributed by atoms with Crippen LogP contribution in [0, 0.1) is 11.7 Å². The minimum absolute atomic E-state index is 0.204. The summed E-state index contributed by atoms with van der Waals surface area (Å²) in [6, 6.07) is 10.6. The largest absolute Gasteiger partial charge is 0.261 e. The van der Waals surface area contributed by atoms with Gasteiger partial charge in [-0.3, -0.25) is 4.98 Å². The summed E-state index contributed by atoms with van der Waals surface area (Å²) in [6.07, 6.45) is 2.78. The molecule has 0 aliphatic rings. The number of benzene rings is 1. The lowest BCUT2D eigenvalue weighted by molar-refractivity contribution is 0.628. The Morgan fingerprint density at radius 1 is 1.06 bits per heavy atom. The summed E-state index contributed by atoms with van der Waals surface area (Å²) in [5.74, 6) is 0.385. The van der Waals surface area contributed by atoms with Gasteiger partial charge in [0.25, 0.3) is 0 Å². The molecule has 0 aliphatic heterocycles. The van der Waals surface area contributed by atoms with Crippen molar-refractivity contribution in [2.75, 3.05) is 0 Å². The number of nitrogens with zero attached hydrogens (tertiary/aromatic N) is 1. The van der Waals surface area contributed by atoms with Crippen molar-refractivity contribution in [2.45, 2.75) is 20.3 Å². The summed E-state index contributed by atoms with van der Waals surface area (Å²) >= 11 is 0. The Morgan fingerprint density at radius 2 is 1.76 bits per heavy atom. The fourth-order valence-electron chi connectivity index (χ4n) is 1.83. The van der Waals surface area contributed by atoms with Gasteiger partial charge >= 0.3 is 0 Å². The van der Waals surface area contributed by atoms with Crippen molar-refractivity contribution in [3.05, 3.63) is 54.1 Å². The molecule has 0 fully saturated rings. The minimum Gasteiger partial charge on any atom is -0.261 e. The number of rotatable bonds is 3. The number of aromatic nitrogens is 1. The van der Waals surface area contributed by atoms with Crippen LogP contribution in [0.2, 0.25) is 0 Å². The molecule has 2 aromatic rings. The lowest BCUT2D eigenvalue weighted by Gasteiger charge is -2.06. The second kappa shape index (κ2) is 5.09. The van der Waals surface area contributed by atoms with Gasteiger partial charge in [0.2, 0.25) is 0 Å². The molecular weight excluding hydrogens is 213 g/mol.